The number of halogens is 1. The third-order valence-corrected chi connectivity index (χ3v) is 5.86. The Morgan fingerprint density at radius 1 is 0.964 bits per heavy atom. The van der Waals surface area contributed by atoms with E-state index in [1.807, 2.05) is 60.7 Å². The minimum atomic E-state index is -3.82. The fourth-order valence-corrected chi connectivity index (χ4v) is 4.48. The van der Waals surface area contributed by atoms with Crippen LogP contribution in [0.4, 0.5) is 0 Å². The normalized spacial score (nSPS) is 15.4. The summed E-state index contributed by atoms with van der Waals surface area (Å²) < 4.78 is 23.7. The van der Waals surface area contributed by atoms with Crippen LogP contribution >= 0.6 is 18.1 Å². The van der Waals surface area contributed by atoms with Crippen molar-refractivity contribution in [3.8, 4) is 5.75 Å². The predicted octanol–water partition coefficient (Wildman–Crippen LogP) is 5.85. The zero-order valence-corrected chi connectivity index (χ0v) is 17.2. The number of nitrogens with one attached hydrogen (secondary N) is 1. The van der Waals surface area contributed by atoms with Crippen molar-refractivity contribution in [3.05, 3.63) is 78.4 Å². The minimum absolute atomic E-state index is 0.377. The molecule has 0 bridgehead atoms. The summed E-state index contributed by atoms with van der Waals surface area (Å²) >= 11 is 6.08. The average molecular weight is 418 g/mol. The molecule has 3 aromatic rings. The van der Waals surface area contributed by atoms with Crippen molar-refractivity contribution in [1.29, 1.82) is 0 Å². The van der Waals surface area contributed by atoms with Gasteiger partial charge in [-0.05, 0) is 30.9 Å². The number of benzene rings is 3. The first-order valence-corrected chi connectivity index (χ1v) is 11.4. The van der Waals surface area contributed by atoms with Crippen molar-refractivity contribution in [2.24, 2.45) is 0 Å². The van der Waals surface area contributed by atoms with Crippen LogP contribution in [0, 0.1) is 0 Å². The smallest absolute Gasteiger partial charge is 0.409 e. The van der Waals surface area contributed by atoms with Crippen molar-refractivity contribution in [3.63, 3.8) is 0 Å². The Hall–Kier alpha value is -2.33. The molecule has 0 aliphatic rings. The molecular weight excluding hydrogens is 397 g/mol. The Balaban J connectivity index is 1.66. The Labute approximate surface area is 168 Å². The molecule has 0 heterocycles. The highest BCUT2D eigenvalue weighted by Gasteiger charge is 2.29. The largest absolute Gasteiger partial charge is 0.457 e. The summed E-state index contributed by atoms with van der Waals surface area (Å²) in [7, 11) is 0. The highest BCUT2D eigenvalue weighted by atomic mass is 35.7. The average Bonchev–Trinajstić information content (AvgIpc) is 2.68. The third kappa shape index (κ3) is 5.14. The lowest BCUT2D eigenvalue weighted by Gasteiger charge is -2.21. The zero-order chi connectivity index (χ0) is 20.1. The van der Waals surface area contributed by atoms with Gasteiger partial charge in [0.15, 0.2) is 0 Å². The molecular formula is C21H21ClNO4P. The number of rotatable bonds is 7. The van der Waals surface area contributed by atoms with E-state index in [1.54, 1.807) is 19.1 Å². The number of esters is 1. The summed E-state index contributed by atoms with van der Waals surface area (Å²) in [5.74, 6) is -0.194. The fraction of sp³-hybridized carbons (Fsp3) is 0.190. The molecule has 3 rings (SSSR count). The van der Waals surface area contributed by atoms with Crippen LogP contribution in [0.15, 0.2) is 72.8 Å². The highest BCUT2D eigenvalue weighted by Crippen LogP contribution is 2.50. The first kappa shape index (κ1) is 20.4. The van der Waals surface area contributed by atoms with Gasteiger partial charge in [-0.15, -0.1) is 0 Å². The van der Waals surface area contributed by atoms with Crippen LogP contribution in [0.2, 0.25) is 0 Å². The van der Waals surface area contributed by atoms with Crippen LogP contribution < -0.4 is 9.61 Å². The molecule has 0 saturated heterocycles. The van der Waals surface area contributed by atoms with Crippen molar-refractivity contribution >= 4 is 34.9 Å². The molecule has 3 atom stereocenters. The van der Waals surface area contributed by atoms with Gasteiger partial charge in [0.2, 0.25) is 0 Å². The van der Waals surface area contributed by atoms with Gasteiger partial charge in [0.05, 0.1) is 0 Å². The topological polar surface area (TPSA) is 64.6 Å². The quantitative estimate of drug-likeness (QED) is 0.386. The third-order valence-electron chi connectivity index (χ3n) is 4.23. The first-order chi connectivity index (χ1) is 13.4. The Morgan fingerprint density at radius 2 is 1.61 bits per heavy atom. The van der Waals surface area contributed by atoms with E-state index in [9.17, 15) is 9.36 Å². The van der Waals surface area contributed by atoms with Gasteiger partial charge >= 0.3 is 12.8 Å². The predicted molar refractivity (Wildman–Crippen MR) is 112 cm³/mol. The number of carbonyl (C=O) groups is 1. The van der Waals surface area contributed by atoms with Gasteiger partial charge in [-0.25, -0.2) is 9.65 Å². The Morgan fingerprint density at radius 3 is 2.36 bits per heavy atom. The molecule has 5 nitrogen and oxygen atoms in total. The van der Waals surface area contributed by atoms with Crippen LogP contribution in [0.5, 0.6) is 5.75 Å². The van der Waals surface area contributed by atoms with Gasteiger partial charge in [-0.2, -0.15) is 0 Å². The van der Waals surface area contributed by atoms with Crippen molar-refractivity contribution in [2.75, 3.05) is 0 Å². The Kier molecular flexibility index (Phi) is 6.40. The highest BCUT2D eigenvalue weighted by molar-refractivity contribution is 7.84. The van der Waals surface area contributed by atoms with Gasteiger partial charge < -0.3 is 9.26 Å². The Bertz CT molecular complexity index is 1010. The SMILES string of the molecule is C[C@H](NP(=O)(Cl)Oc1cccc2ccccc12)C(=O)O[C@@H](C)c1ccccc1. The summed E-state index contributed by atoms with van der Waals surface area (Å²) in [6.07, 6.45) is -0.438. The molecule has 0 amide bonds. The lowest BCUT2D eigenvalue weighted by molar-refractivity contribution is -0.150. The summed E-state index contributed by atoms with van der Waals surface area (Å²) in [5, 5.41) is 4.26. The van der Waals surface area contributed by atoms with Gasteiger partial charge in [0, 0.05) is 16.6 Å². The van der Waals surface area contributed by atoms with Gasteiger partial charge in [-0.3, -0.25) is 4.79 Å². The van der Waals surface area contributed by atoms with Crippen molar-refractivity contribution in [1.82, 2.24) is 5.09 Å². The monoisotopic (exact) mass is 417 g/mol. The molecule has 0 radical (unpaired) electrons. The molecule has 0 aliphatic carbocycles. The molecule has 1 N–H and O–H groups in total. The molecule has 7 heteroatoms. The van der Waals surface area contributed by atoms with E-state index < -0.39 is 25.0 Å². The second kappa shape index (κ2) is 8.78. The van der Waals surface area contributed by atoms with Crippen LogP contribution in [-0.4, -0.2) is 12.0 Å². The number of carbonyl (C=O) groups excluding carboxylic acids is 1. The summed E-state index contributed by atoms with van der Waals surface area (Å²) in [6.45, 7) is -0.523. The summed E-state index contributed by atoms with van der Waals surface area (Å²) in [4.78, 5) is 12.3. The van der Waals surface area contributed by atoms with Crippen molar-refractivity contribution < 1.29 is 18.6 Å². The standard InChI is InChI=1S/C21H21ClNO4P/c1-15(21(24)26-16(2)17-9-4-3-5-10-17)23-28(22,25)27-20-14-8-12-18-11-6-7-13-19(18)20/h3-16H,1-2H3,(H,23,25)/t15-,16-,28?/m0/s1. The van der Waals surface area contributed by atoms with Gasteiger partial charge in [0.25, 0.3) is 0 Å². The van der Waals surface area contributed by atoms with Crippen molar-refractivity contribution in [2.45, 2.75) is 26.0 Å². The van der Waals surface area contributed by atoms with E-state index in [-0.39, 0.29) is 0 Å². The lowest BCUT2D eigenvalue weighted by Crippen LogP contribution is -2.33. The van der Waals surface area contributed by atoms with E-state index in [2.05, 4.69) is 5.09 Å². The first-order valence-electron chi connectivity index (χ1n) is 8.86. The van der Waals surface area contributed by atoms with Crippen LogP contribution in [0.25, 0.3) is 10.8 Å². The maximum absolute atomic E-state index is 12.7. The minimum Gasteiger partial charge on any atom is -0.457 e. The summed E-state index contributed by atoms with van der Waals surface area (Å²) in [6, 6.07) is 21.3. The van der Waals surface area contributed by atoms with Crippen LogP contribution in [0.3, 0.4) is 0 Å². The molecule has 3 aromatic carbocycles. The molecule has 0 aliphatic heterocycles. The molecule has 0 aromatic heterocycles. The number of ether oxygens (including phenoxy) is 1. The van der Waals surface area contributed by atoms with Crippen LogP contribution in [-0.2, 0) is 14.1 Å². The fourth-order valence-electron chi connectivity index (χ4n) is 2.78. The molecule has 0 spiro atoms. The van der Waals surface area contributed by atoms with E-state index in [4.69, 9.17) is 20.5 Å². The van der Waals surface area contributed by atoms with E-state index in [1.165, 1.54) is 6.92 Å². The van der Waals surface area contributed by atoms with E-state index in [0.717, 1.165) is 16.3 Å². The second-order valence-corrected chi connectivity index (χ2v) is 9.12. The summed E-state index contributed by atoms with van der Waals surface area (Å²) in [5.41, 5.74) is 0.865. The number of fused-ring (bicyclic) bond motifs is 1. The molecule has 146 valence electrons. The maximum Gasteiger partial charge on any atom is 0.409 e. The molecule has 0 fully saturated rings. The zero-order valence-electron chi connectivity index (χ0n) is 15.5. The van der Waals surface area contributed by atoms with Gasteiger partial charge in [0.1, 0.15) is 17.9 Å². The second-order valence-electron chi connectivity index (χ2n) is 6.39. The molecule has 28 heavy (non-hydrogen) atoms. The number of hydrogen-bond acceptors (Lipinski definition) is 4. The van der Waals surface area contributed by atoms with Crippen LogP contribution in [0.1, 0.15) is 25.5 Å². The number of hydrogen-bond donors (Lipinski definition) is 1. The van der Waals surface area contributed by atoms with E-state index >= 15 is 0 Å². The lowest BCUT2D eigenvalue weighted by atomic mass is 10.1. The van der Waals surface area contributed by atoms with E-state index in [0.29, 0.717) is 5.75 Å². The maximum atomic E-state index is 12.7. The van der Waals surface area contributed by atoms with Gasteiger partial charge in [-0.1, -0.05) is 66.7 Å². The molecule has 1 unspecified atom stereocenters. The molecule has 0 saturated carbocycles.